The minimum Gasteiger partial charge on any atom is -0.495 e. The van der Waals surface area contributed by atoms with E-state index in [0.29, 0.717) is 11.6 Å². The second-order valence-corrected chi connectivity index (χ2v) is 3.78. The average molecular weight is 235 g/mol. The number of likely N-dealkylation sites (N-methyl/N-ethyl adjacent to an activating group) is 1. The van der Waals surface area contributed by atoms with E-state index in [9.17, 15) is 9.59 Å². The predicted octanol–water partition coefficient (Wildman–Crippen LogP) is 0.259. The Hall–Kier alpha value is -2.11. The number of carbonyl (C=O) groups excluding carboxylic acids is 2. The van der Waals surface area contributed by atoms with Gasteiger partial charge in [-0.25, -0.2) is 4.98 Å². The van der Waals surface area contributed by atoms with Gasteiger partial charge in [-0.05, 0) is 12.1 Å². The number of pyridine rings is 1. The van der Waals surface area contributed by atoms with Crippen LogP contribution in [0.1, 0.15) is 6.42 Å². The second kappa shape index (κ2) is 4.40. The van der Waals surface area contributed by atoms with Crippen LogP contribution in [0.15, 0.2) is 18.3 Å². The molecule has 0 bridgehead atoms. The highest BCUT2D eigenvalue weighted by Crippen LogP contribution is 2.17. The third-order valence-electron chi connectivity index (χ3n) is 2.68. The SMILES string of the molecule is COc1ccc(NC2CC(=O)N(C)C2=O)nc1. The van der Waals surface area contributed by atoms with E-state index in [-0.39, 0.29) is 18.2 Å². The molecule has 1 aromatic rings. The zero-order valence-electron chi connectivity index (χ0n) is 9.64. The number of hydrogen-bond donors (Lipinski definition) is 1. The second-order valence-electron chi connectivity index (χ2n) is 3.78. The van der Waals surface area contributed by atoms with Crippen molar-refractivity contribution in [2.75, 3.05) is 19.5 Å². The molecule has 0 aromatic carbocycles. The van der Waals surface area contributed by atoms with Gasteiger partial charge in [-0.1, -0.05) is 0 Å². The number of rotatable bonds is 3. The molecule has 2 rings (SSSR count). The van der Waals surface area contributed by atoms with E-state index in [0.717, 1.165) is 4.90 Å². The van der Waals surface area contributed by atoms with Crippen molar-refractivity contribution in [2.24, 2.45) is 0 Å². The normalized spacial score (nSPS) is 19.6. The van der Waals surface area contributed by atoms with Crippen molar-refractivity contribution in [2.45, 2.75) is 12.5 Å². The summed E-state index contributed by atoms with van der Waals surface area (Å²) in [6, 6.07) is 2.92. The maximum absolute atomic E-state index is 11.6. The number of nitrogens with one attached hydrogen (secondary N) is 1. The number of carbonyl (C=O) groups is 2. The molecule has 1 saturated heterocycles. The van der Waals surface area contributed by atoms with Crippen molar-refractivity contribution in [1.82, 2.24) is 9.88 Å². The number of methoxy groups -OCH3 is 1. The maximum atomic E-state index is 11.6. The van der Waals surface area contributed by atoms with Crippen molar-refractivity contribution in [3.8, 4) is 5.75 Å². The monoisotopic (exact) mass is 235 g/mol. The smallest absolute Gasteiger partial charge is 0.251 e. The zero-order chi connectivity index (χ0) is 12.4. The summed E-state index contributed by atoms with van der Waals surface area (Å²) in [4.78, 5) is 28.1. The van der Waals surface area contributed by atoms with Gasteiger partial charge in [0.1, 0.15) is 17.6 Å². The Labute approximate surface area is 98.6 Å². The summed E-state index contributed by atoms with van der Waals surface area (Å²) < 4.78 is 4.97. The van der Waals surface area contributed by atoms with Gasteiger partial charge in [0.15, 0.2) is 0 Å². The van der Waals surface area contributed by atoms with Crippen LogP contribution in [-0.2, 0) is 9.59 Å². The average Bonchev–Trinajstić information content (AvgIpc) is 2.58. The first kappa shape index (κ1) is 11.4. The minimum atomic E-state index is -0.520. The lowest BCUT2D eigenvalue weighted by Gasteiger charge is -2.11. The van der Waals surface area contributed by atoms with Gasteiger partial charge >= 0.3 is 0 Å². The fourth-order valence-electron chi connectivity index (χ4n) is 1.63. The van der Waals surface area contributed by atoms with Crippen molar-refractivity contribution in [3.05, 3.63) is 18.3 Å². The molecule has 1 fully saturated rings. The fraction of sp³-hybridized carbons (Fsp3) is 0.364. The first-order chi connectivity index (χ1) is 8.11. The van der Waals surface area contributed by atoms with Gasteiger partial charge < -0.3 is 10.1 Å². The number of likely N-dealkylation sites (tertiary alicyclic amines) is 1. The topological polar surface area (TPSA) is 71.5 Å². The molecule has 1 N–H and O–H groups in total. The molecule has 1 unspecified atom stereocenters. The Kier molecular flexibility index (Phi) is 2.95. The summed E-state index contributed by atoms with van der Waals surface area (Å²) >= 11 is 0. The van der Waals surface area contributed by atoms with Crippen LogP contribution in [0, 0.1) is 0 Å². The Morgan fingerprint density at radius 1 is 1.47 bits per heavy atom. The third kappa shape index (κ3) is 2.20. The molecule has 90 valence electrons. The van der Waals surface area contributed by atoms with Gasteiger partial charge in [-0.3, -0.25) is 14.5 Å². The summed E-state index contributed by atoms with van der Waals surface area (Å²) in [5.74, 6) is 0.780. The van der Waals surface area contributed by atoms with Gasteiger partial charge in [-0.15, -0.1) is 0 Å². The molecule has 6 nitrogen and oxygen atoms in total. The molecule has 1 atom stereocenters. The lowest BCUT2D eigenvalue weighted by atomic mass is 10.2. The van der Waals surface area contributed by atoms with Crippen LogP contribution in [-0.4, -0.2) is 41.9 Å². The van der Waals surface area contributed by atoms with Gasteiger partial charge in [0.25, 0.3) is 5.91 Å². The highest BCUT2D eigenvalue weighted by molar-refractivity contribution is 6.06. The summed E-state index contributed by atoms with van der Waals surface area (Å²) in [6.45, 7) is 0. The third-order valence-corrected chi connectivity index (χ3v) is 2.68. The Bertz CT molecular complexity index is 444. The van der Waals surface area contributed by atoms with Gasteiger partial charge in [-0.2, -0.15) is 0 Å². The Morgan fingerprint density at radius 3 is 2.71 bits per heavy atom. The molecule has 0 aliphatic carbocycles. The van der Waals surface area contributed by atoms with Crippen LogP contribution in [0.4, 0.5) is 5.82 Å². The molecule has 17 heavy (non-hydrogen) atoms. The molecule has 0 spiro atoms. The van der Waals surface area contributed by atoms with Crippen LogP contribution in [0.5, 0.6) is 5.75 Å². The molecule has 2 amide bonds. The summed E-state index contributed by atoms with van der Waals surface area (Å²) in [7, 11) is 3.03. The number of imide groups is 1. The Morgan fingerprint density at radius 2 is 2.24 bits per heavy atom. The number of amides is 2. The molecule has 1 aliphatic rings. The van der Waals surface area contributed by atoms with Crippen LogP contribution >= 0.6 is 0 Å². The number of anilines is 1. The van der Waals surface area contributed by atoms with Crippen molar-refractivity contribution in [1.29, 1.82) is 0 Å². The first-order valence-corrected chi connectivity index (χ1v) is 5.19. The molecule has 0 saturated carbocycles. The van der Waals surface area contributed by atoms with Crippen LogP contribution < -0.4 is 10.1 Å². The van der Waals surface area contributed by atoms with E-state index < -0.39 is 6.04 Å². The molecule has 1 aromatic heterocycles. The maximum Gasteiger partial charge on any atom is 0.251 e. The van der Waals surface area contributed by atoms with Crippen molar-refractivity contribution in [3.63, 3.8) is 0 Å². The number of ether oxygens (including phenoxy) is 1. The first-order valence-electron chi connectivity index (χ1n) is 5.19. The summed E-state index contributed by atoms with van der Waals surface area (Å²) in [5.41, 5.74) is 0. The quantitative estimate of drug-likeness (QED) is 0.761. The lowest BCUT2D eigenvalue weighted by molar-refractivity contribution is -0.136. The number of aromatic nitrogens is 1. The highest BCUT2D eigenvalue weighted by atomic mass is 16.5. The number of nitrogens with zero attached hydrogens (tertiary/aromatic N) is 2. The van der Waals surface area contributed by atoms with E-state index in [1.807, 2.05) is 0 Å². The van der Waals surface area contributed by atoms with Crippen molar-refractivity contribution >= 4 is 17.6 Å². The molecule has 2 heterocycles. The standard InChI is InChI=1S/C11H13N3O3/c1-14-10(15)5-8(11(14)16)13-9-4-3-7(17-2)6-12-9/h3-4,6,8H,5H2,1-2H3,(H,12,13). The largest absolute Gasteiger partial charge is 0.495 e. The van der Waals surface area contributed by atoms with Crippen molar-refractivity contribution < 1.29 is 14.3 Å². The molecule has 0 radical (unpaired) electrons. The highest BCUT2D eigenvalue weighted by Gasteiger charge is 2.36. The molecule has 1 aliphatic heterocycles. The van der Waals surface area contributed by atoms with Gasteiger partial charge in [0.05, 0.1) is 19.7 Å². The van der Waals surface area contributed by atoms with E-state index in [4.69, 9.17) is 4.74 Å². The lowest BCUT2D eigenvalue weighted by Crippen LogP contribution is -2.31. The van der Waals surface area contributed by atoms with Gasteiger partial charge in [0, 0.05) is 7.05 Å². The molecular formula is C11H13N3O3. The molecule has 6 heteroatoms. The fourth-order valence-corrected chi connectivity index (χ4v) is 1.63. The predicted molar refractivity (Wildman–Crippen MR) is 60.6 cm³/mol. The summed E-state index contributed by atoms with van der Waals surface area (Å²) in [6.07, 6.45) is 1.72. The van der Waals surface area contributed by atoms with E-state index >= 15 is 0 Å². The summed E-state index contributed by atoms with van der Waals surface area (Å²) in [5, 5.41) is 2.92. The Balaban J connectivity index is 2.06. The van der Waals surface area contributed by atoms with Gasteiger partial charge in [0.2, 0.25) is 5.91 Å². The van der Waals surface area contributed by atoms with Crippen LogP contribution in [0.2, 0.25) is 0 Å². The minimum absolute atomic E-state index is 0.170. The molecular weight excluding hydrogens is 222 g/mol. The van der Waals surface area contributed by atoms with E-state index in [1.54, 1.807) is 25.4 Å². The van der Waals surface area contributed by atoms with Crippen LogP contribution in [0.3, 0.4) is 0 Å². The zero-order valence-corrected chi connectivity index (χ0v) is 9.64. The van der Waals surface area contributed by atoms with Crippen LogP contribution in [0.25, 0.3) is 0 Å². The van der Waals surface area contributed by atoms with E-state index in [1.165, 1.54) is 7.05 Å². The number of hydrogen-bond acceptors (Lipinski definition) is 5. The van der Waals surface area contributed by atoms with E-state index in [2.05, 4.69) is 10.3 Å².